The first-order chi connectivity index (χ1) is 8.81. The summed E-state index contributed by atoms with van der Waals surface area (Å²) in [6.07, 6.45) is 7.16. The molecular weight excluding hydrogens is 228 g/mol. The predicted octanol–water partition coefficient (Wildman–Crippen LogP) is 1.55. The van der Waals surface area contributed by atoms with Crippen molar-refractivity contribution in [3.05, 3.63) is 0 Å². The minimum atomic E-state index is -0.0993. The Hall–Kier alpha value is -0.610. The van der Waals surface area contributed by atoms with E-state index in [1.165, 1.54) is 38.8 Å². The van der Waals surface area contributed by atoms with Crippen LogP contribution in [0.4, 0.5) is 0 Å². The highest BCUT2D eigenvalue weighted by Gasteiger charge is 2.35. The van der Waals surface area contributed by atoms with E-state index in [0.717, 1.165) is 12.8 Å². The van der Waals surface area contributed by atoms with Gasteiger partial charge in [-0.2, -0.15) is 0 Å². The first-order valence-corrected chi connectivity index (χ1v) is 7.44. The van der Waals surface area contributed by atoms with Gasteiger partial charge in [0.2, 0.25) is 0 Å². The van der Waals surface area contributed by atoms with E-state index in [2.05, 4.69) is 17.1 Å². The predicted molar refractivity (Wildman–Crippen MR) is 71.5 cm³/mol. The molecule has 0 saturated carbocycles. The summed E-state index contributed by atoms with van der Waals surface area (Å²) in [5, 5.41) is 3.39. The van der Waals surface area contributed by atoms with Gasteiger partial charge in [0.25, 0.3) is 0 Å². The topological polar surface area (TPSA) is 41.6 Å². The largest absolute Gasteiger partial charge is 0.465 e. The standard InChI is InChI=1S/C14H26N2O2/c1-2-3-10-18-14(17)11-15-12-7-9-16-8-5-4-6-13(12)16/h12-13,15H,2-11H2,1H3. The maximum absolute atomic E-state index is 11.5. The van der Waals surface area contributed by atoms with Crippen molar-refractivity contribution in [2.45, 2.75) is 57.5 Å². The summed E-state index contributed by atoms with van der Waals surface area (Å²) < 4.78 is 5.16. The third kappa shape index (κ3) is 3.69. The van der Waals surface area contributed by atoms with Crippen molar-refractivity contribution >= 4 is 5.97 Å². The molecule has 0 aromatic carbocycles. The minimum Gasteiger partial charge on any atom is -0.465 e. The summed E-state index contributed by atoms with van der Waals surface area (Å²) in [4.78, 5) is 14.1. The number of carbonyl (C=O) groups is 1. The lowest BCUT2D eigenvalue weighted by Crippen LogP contribution is -2.46. The van der Waals surface area contributed by atoms with Gasteiger partial charge in [0.05, 0.1) is 13.2 Å². The van der Waals surface area contributed by atoms with Gasteiger partial charge in [0.15, 0.2) is 0 Å². The Bertz CT molecular complexity index is 271. The molecule has 4 heteroatoms. The Labute approximate surface area is 110 Å². The first-order valence-electron chi connectivity index (χ1n) is 7.44. The summed E-state index contributed by atoms with van der Waals surface area (Å²) in [5.74, 6) is -0.0993. The molecule has 2 rings (SSSR count). The molecule has 1 N–H and O–H groups in total. The van der Waals surface area contributed by atoms with Gasteiger partial charge in [-0.05, 0) is 32.2 Å². The molecule has 2 unspecified atom stereocenters. The summed E-state index contributed by atoms with van der Waals surface area (Å²) >= 11 is 0. The molecule has 18 heavy (non-hydrogen) atoms. The molecule has 4 nitrogen and oxygen atoms in total. The van der Waals surface area contributed by atoms with E-state index in [0.29, 0.717) is 25.2 Å². The molecule has 0 bridgehead atoms. The third-order valence-corrected chi connectivity index (χ3v) is 4.13. The molecule has 0 aliphatic carbocycles. The SMILES string of the molecule is CCCCOC(=O)CNC1CCN2CCCCC12. The van der Waals surface area contributed by atoms with E-state index in [9.17, 15) is 4.79 Å². The van der Waals surface area contributed by atoms with Crippen LogP contribution in [0.1, 0.15) is 45.4 Å². The molecule has 2 saturated heterocycles. The van der Waals surface area contributed by atoms with Crippen molar-refractivity contribution in [2.75, 3.05) is 26.2 Å². The van der Waals surface area contributed by atoms with Crippen molar-refractivity contribution in [1.29, 1.82) is 0 Å². The lowest BCUT2D eigenvalue weighted by molar-refractivity contribution is -0.142. The summed E-state index contributed by atoms with van der Waals surface area (Å²) in [6, 6.07) is 1.14. The molecule has 0 aromatic heterocycles. The van der Waals surface area contributed by atoms with Gasteiger partial charge < -0.3 is 10.1 Å². The molecule has 104 valence electrons. The second-order valence-corrected chi connectivity index (χ2v) is 5.45. The van der Waals surface area contributed by atoms with E-state index in [4.69, 9.17) is 4.74 Å². The number of carbonyl (C=O) groups excluding carboxylic acids is 1. The molecule has 2 atom stereocenters. The highest BCUT2D eigenvalue weighted by Crippen LogP contribution is 2.26. The average Bonchev–Trinajstić information content (AvgIpc) is 2.80. The number of unbranched alkanes of at least 4 members (excludes halogenated alkanes) is 1. The number of hydrogen-bond acceptors (Lipinski definition) is 4. The van der Waals surface area contributed by atoms with E-state index >= 15 is 0 Å². The van der Waals surface area contributed by atoms with Gasteiger partial charge in [0, 0.05) is 18.6 Å². The van der Waals surface area contributed by atoms with Crippen LogP contribution in [-0.4, -0.2) is 49.2 Å². The van der Waals surface area contributed by atoms with Crippen molar-refractivity contribution in [3.8, 4) is 0 Å². The summed E-state index contributed by atoms with van der Waals surface area (Å²) in [7, 11) is 0. The zero-order chi connectivity index (χ0) is 12.8. The fraction of sp³-hybridized carbons (Fsp3) is 0.929. The smallest absolute Gasteiger partial charge is 0.319 e. The van der Waals surface area contributed by atoms with Crippen LogP contribution >= 0.6 is 0 Å². The lowest BCUT2D eigenvalue weighted by atomic mass is 9.99. The number of ether oxygens (including phenoxy) is 1. The normalized spacial score (nSPS) is 28.1. The number of piperidine rings is 1. The Morgan fingerprint density at radius 2 is 2.22 bits per heavy atom. The molecule has 0 amide bonds. The lowest BCUT2D eigenvalue weighted by Gasteiger charge is -2.32. The molecular formula is C14H26N2O2. The van der Waals surface area contributed by atoms with Gasteiger partial charge in [-0.1, -0.05) is 19.8 Å². The van der Waals surface area contributed by atoms with E-state index < -0.39 is 0 Å². The highest BCUT2D eigenvalue weighted by atomic mass is 16.5. The summed E-state index contributed by atoms with van der Waals surface area (Å²) in [6.45, 7) is 5.47. The number of fused-ring (bicyclic) bond motifs is 1. The zero-order valence-electron chi connectivity index (χ0n) is 11.5. The van der Waals surface area contributed by atoms with Crippen LogP contribution in [-0.2, 0) is 9.53 Å². The average molecular weight is 254 g/mol. The molecule has 0 spiro atoms. The van der Waals surface area contributed by atoms with Crippen LogP contribution in [0.25, 0.3) is 0 Å². The maximum Gasteiger partial charge on any atom is 0.319 e. The fourth-order valence-corrected chi connectivity index (χ4v) is 3.08. The van der Waals surface area contributed by atoms with Crippen LogP contribution in [0.3, 0.4) is 0 Å². The third-order valence-electron chi connectivity index (χ3n) is 4.13. The first kappa shape index (κ1) is 13.8. The van der Waals surface area contributed by atoms with E-state index in [1.54, 1.807) is 0 Å². The number of nitrogens with one attached hydrogen (secondary N) is 1. The van der Waals surface area contributed by atoms with Crippen LogP contribution in [0, 0.1) is 0 Å². The van der Waals surface area contributed by atoms with Crippen molar-refractivity contribution in [2.24, 2.45) is 0 Å². The van der Waals surface area contributed by atoms with Gasteiger partial charge in [-0.15, -0.1) is 0 Å². The Morgan fingerprint density at radius 1 is 1.33 bits per heavy atom. The molecule has 2 fully saturated rings. The zero-order valence-corrected chi connectivity index (χ0v) is 11.5. The molecule has 0 radical (unpaired) electrons. The second-order valence-electron chi connectivity index (χ2n) is 5.45. The van der Waals surface area contributed by atoms with E-state index in [1.807, 2.05) is 0 Å². The molecule has 2 aliphatic rings. The summed E-state index contributed by atoms with van der Waals surface area (Å²) in [5.41, 5.74) is 0. The van der Waals surface area contributed by atoms with Gasteiger partial charge in [-0.25, -0.2) is 0 Å². The van der Waals surface area contributed by atoms with Crippen molar-refractivity contribution in [3.63, 3.8) is 0 Å². The van der Waals surface area contributed by atoms with Crippen LogP contribution < -0.4 is 5.32 Å². The van der Waals surface area contributed by atoms with Gasteiger partial charge >= 0.3 is 5.97 Å². The number of rotatable bonds is 6. The number of esters is 1. The quantitative estimate of drug-likeness (QED) is 0.577. The fourth-order valence-electron chi connectivity index (χ4n) is 3.08. The maximum atomic E-state index is 11.5. The number of hydrogen-bond donors (Lipinski definition) is 1. The molecule has 2 heterocycles. The molecule has 0 aromatic rings. The monoisotopic (exact) mass is 254 g/mol. The van der Waals surface area contributed by atoms with Crippen LogP contribution in [0.15, 0.2) is 0 Å². The second kappa shape index (κ2) is 7.10. The number of nitrogens with zero attached hydrogens (tertiary/aromatic N) is 1. The van der Waals surface area contributed by atoms with Gasteiger partial charge in [0.1, 0.15) is 0 Å². The van der Waals surface area contributed by atoms with Crippen LogP contribution in [0.2, 0.25) is 0 Å². The Morgan fingerprint density at radius 3 is 3.06 bits per heavy atom. The van der Waals surface area contributed by atoms with Crippen LogP contribution in [0.5, 0.6) is 0 Å². The van der Waals surface area contributed by atoms with Crippen molar-refractivity contribution < 1.29 is 9.53 Å². The minimum absolute atomic E-state index is 0.0993. The van der Waals surface area contributed by atoms with E-state index in [-0.39, 0.29) is 5.97 Å². The van der Waals surface area contributed by atoms with Crippen molar-refractivity contribution in [1.82, 2.24) is 10.2 Å². The molecule has 2 aliphatic heterocycles. The van der Waals surface area contributed by atoms with Gasteiger partial charge in [-0.3, -0.25) is 9.69 Å². The Kier molecular flexibility index (Phi) is 5.45. The highest BCUT2D eigenvalue weighted by molar-refractivity contribution is 5.71. The Balaban J connectivity index is 1.65.